The van der Waals surface area contributed by atoms with Crippen molar-refractivity contribution in [2.75, 3.05) is 13.2 Å². The number of nitrogens with one attached hydrogen (secondary N) is 1. The van der Waals surface area contributed by atoms with E-state index in [1.54, 1.807) is 29.4 Å². The highest BCUT2D eigenvalue weighted by molar-refractivity contribution is 5.84. The Balaban J connectivity index is 1.41. The zero-order valence-corrected chi connectivity index (χ0v) is 15.4. The summed E-state index contributed by atoms with van der Waals surface area (Å²) in [7, 11) is 0. The van der Waals surface area contributed by atoms with Crippen LogP contribution < -0.4 is 5.32 Å². The normalized spacial score (nSPS) is 23.5. The number of likely N-dealkylation sites (tertiary alicyclic amines) is 1. The van der Waals surface area contributed by atoms with Crippen molar-refractivity contribution in [3.05, 3.63) is 65.7 Å². The molecule has 2 amide bonds. The van der Waals surface area contributed by atoms with Gasteiger partial charge in [-0.2, -0.15) is 0 Å². The summed E-state index contributed by atoms with van der Waals surface area (Å²) in [5.74, 6) is -0.988. The van der Waals surface area contributed by atoms with Crippen LogP contribution in [0.2, 0.25) is 0 Å². The number of pyridine rings is 1. The zero-order chi connectivity index (χ0) is 19.5. The highest BCUT2D eigenvalue weighted by Crippen LogP contribution is 2.34. The number of halogens is 1. The van der Waals surface area contributed by atoms with Gasteiger partial charge in [-0.05, 0) is 35.7 Å². The number of benzene rings is 1. The minimum atomic E-state index is -0.402. The van der Waals surface area contributed by atoms with E-state index in [4.69, 9.17) is 4.74 Å². The molecule has 0 spiro atoms. The summed E-state index contributed by atoms with van der Waals surface area (Å²) < 4.78 is 19.2. The molecule has 3 atom stereocenters. The number of carbonyl (C=O) groups is 2. The first-order valence-corrected chi connectivity index (χ1v) is 9.44. The highest BCUT2D eigenvalue weighted by Gasteiger charge is 2.50. The lowest BCUT2D eigenvalue weighted by Crippen LogP contribution is -2.38. The van der Waals surface area contributed by atoms with Gasteiger partial charge < -0.3 is 15.0 Å². The maximum Gasteiger partial charge on any atom is 0.227 e. The molecule has 4 rings (SSSR count). The molecule has 28 heavy (non-hydrogen) atoms. The Kier molecular flexibility index (Phi) is 5.34. The molecule has 0 aliphatic carbocycles. The first kappa shape index (κ1) is 18.6. The van der Waals surface area contributed by atoms with E-state index >= 15 is 0 Å². The molecule has 2 saturated heterocycles. The van der Waals surface area contributed by atoms with Crippen LogP contribution in [0.1, 0.15) is 17.5 Å². The van der Waals surface area contributed by atoms with E-state index in [1.807, 2.05) is 12.1 Å². The molecule has 2 aromatic rings. The second kappa shape index (κ2) is 8.06. The van der Waals surface area contributed by atoms with E-state index in [0.717, 1.165) is 5.56 Å². The Morgan fingerprint density at radius 1 is 1.25 bits per heavy atom. The maximum absolute atomic E-state index is 13.4. The van der Waals surface area contributed by atoms with Gasteiger partial charge in [-0.1, -0.05) is 18.2 Å². The van der Waals surface area contributed by atoms with Gasteiger partial charge in [-0.3, -0.25) is 14.6 Å². The van der Waals surface area contributed by atoms with E-state index in [1.165, 1.54) is 12.1 Å². The van der Waals surface area contributed by atoms with Crippen molar-refractivity contribution in [1.82, 2.24) is 15.2 Å². The number of amides is 2. The Labute approximate surface area is 162 Å². The van der Waals surface area contributed by atoms with Gasteiger partial charge in [0.1, 0.15) is 5.82 Å². The fourth-order valence-corrected chi connectivity index (χ4v) is 4.03. The van der Waals surface area contributed by atoms with Gasteiger partial charge in [-0.25, -0.2) is 4.39 Å². The predicted octanol–water partition coefficient (Wildman–Crippen LogP) is 1.70. The van der Waals surface area contributed by atoms with E-state index in [9.17, 15) is 14.0 Å². The highest BCUT2D eigenvalue weighted by atomic mass is 19.1. The van der Waals surface area contributed by atoms with Gasteiger partial charge in [0.25, 0.3) is 0 Å². The van der Waals surface area contributed by atoms with E-state index in [0.29, 0.717) is 31.7 Å². The Morgan fingerprint density at radius 3 is 2.89 bits per heavy atom. The molecule has 1 aromatic heterocycles. The first-order chi connectivity index (χ1) is 13.6. The van der Waals surface area contributed by atoms with Crippen LogP contribution in [0.5, 0.6) is 0 Å². The second-order valence-corrected chi connectivity index (χ2v) is 7.23. The van der Waals surface area contributed by atoms with Gasteiger partial charge in [0, 0.05) is 32.1 Å². The van der Waals surface area contributed by atoms with Crippen molar-refractivity contribution < 1.29 is 18.7 Å². The molecule has 2 aliphatic heterocycles. The molecule has 6 nitrogen and oxygen atoms in total. The summed E-state index contributed by atoms with van der Waals surface area (Å²) in [6.45, 7) is 1.24. The summed E-state index contributed by atoms with van der Waals surface area (Å²) in [5, 5.41) is 2.92. The third-order valence-electron chi connectivity index (χ3n) is 5.38. The fraction of sp³-hybridized carbons (Fsp3) is 0.381. The molecule has 7 heteroatoms. The third kappa shape index (κ3) is 3.89. The average molecular weight is 383 g/mol. The van der Waals surface area contributed by atoms with E-state index in [-0.39, 0.29) is 36.2 Å². The molecular weight excluding hydrogens is 361 g/mol. The number of nitrogens with zero attached hydrogens (tertiary/aromatic N) is 2. The van der Waals surface area contributed by atoms with Crippen LogP contribution in [0.4, 0.5) is 4.39 Å². The quantitative estimate of drug-likeness (QED) is 0.853. The number of fused-ring (bicyclic) bond motifs is 1. The fourth-order valence-electron chi connectivity index (χ4n) is 4.03. The molecular formula is C21H22FN3O3. The van der Waals surface area contributed by atoms with E-state index < -0.39 is 5.92 Å². The van der Waals surface area contributed by atoms with Crippen LogP contribution >= 0.6 is 0 Å². The molecule has 2 fully saturated rings. The molecule has 146 valence electrons. The van der Waals surface area contributed by atoms with Crippen molar-refractivity contribution in [2.45, 2.75) is 31.5 Å². The first-order valence-electron chi connectivity index (χ1n) is 9.44. The van der Waals surface area contributed by atoms with Crippen LogP contribution in [0.25, 0.3) is 0 Å². The van der Waals surface area contributed by atoms with Gasteiger partial charge in [-0.15, -0.1) is 0 Å². The number of ether oxygens (including phenoxy) is 1. The molecule has 0 saturated carbocycles. The van der Waals surface area contributed by atoms with Gasteiger partial charge in [0.05, 0.1) is 24.5 Å². The van der Waals surface area contributed by atoms with Crippen molar-refractivity contribution in [2.24, 2.45) is 5.92 Å². The summed E-state index contributed by atoms with van der Waals surface area (Å²) in [4.78, 5) is 31.3. The number of hydrogen-bond acceptors (Lipinski definition) is 4. The standard InChI is InChI=1S/C21H22FN3O3/c22-16-5-1-3-14(9-16)10-19(26)25-13-17(20-18(25)6-8-28-20)21(27)24-12-15-4-2-7-23-11-15/h1-5,7,9,11,17-18,20H,6,8,10,12-13H2,(H,24,27)/t17-,18+,20+/m1/s1. The molecule has 1 N–H and O–H groups in total. The molecule has 0 unspecified atom stereocenters. The lowest BCUT2D eigenvalue weighted by atomic mass is 10.0. The molecule has 1 aromatic carbocycles. The number of hydrogen-bond donors (Lipinski definition) is 1. The van der Waals surface area contributed by atoms with Crippen molar-refractivity contribution in [1.29, 1.82) is 0 Å². The number of aromatic nitrogens is 1. The predicted molar refractivity (Wildman–Crippen MR) is 99.5 cm³/mol. The van der Waals surface area contributed by atoms with Crippen LogP contribution in [0.3, 0.4) is 0 Å². The van der Waals surface area contributed by atoms with E-state index in [2.05, 4.69) is 10.3 Å². The SMILES string of the molecule is O=C(NCc1cccnc1)[C@@H]1CN(C(=O)Cc2cccc(F)c2)[C@H]2CCO[C@@H]12. The van der Waals surface area contributed by atoms with Crippen molar-refractivity contribution in [3.8, 4) is 0 Å². The van der Waals surface area contributed by atoms with Crippen LogP contribution in [0.15, 0.2) is 48.8 Å². The lowest BCUT2D eigenvalue weighted by molar-refractivity contribution is -0.131. The Bertz CT molecular complexity index is 861. The van der Waals surface area contributed by atoms with Crippen LogP contribution in [0, 0.1) is 11.7 Å². The monoisotopic (exact) mass is 383 g/mol. The maximum atomic E-state index is 13.4. The summed E-state index contributed by atoms with van der Waals surface area (Å²) in [6, 6.07) is 9.67. The topological polar surface area (TPSA) is 71.5 Å². The Morgan fingerprint density at radius 2 is 2.11 bits per heavy atom. The largest absolute Gasteiger partial charge is 0.375 e. The Hall–Kier alpha value is -2.80. The number of carbonyl (C=O) groups excluding carboxylic acids is 2. The zero-order valence-electron chi connectivity index (χ0n) is 15.4. The smallest absolute Gasteiger partial charge is 0.227 e. The summed E-state index contributed by atoms with van der Waals surface area (Å²) in [6.07, 6.45) is 3.93. The molecule has 3 heterocycles. The average Bonchev–Trinajstić information content (AvgIpc) is 3.29. The minimum absolute atomic E-state index is 0.102. The molecule has 0 bridgehead atoms. The minimum Gasteiger partial charge on any atom is -0.375 e. The molecule has 2 aliphatic rings. The van der Waals surface area contributed by atoms with Crippen molar-refractivity contribution >= 4 is 11.8 Å². The van der Waals surface area contributed by atoms with Crippen LogP contribution in [-0.2, 0) is 27.3 Å². The van der Waals surface area contributed by atoms with Gasteiger partial charge >= 0.3 is 0 Å². The van der Waals surface area contributed by atoms with Crippen LogP contribution in [-0.4, -0.2) is 47.0 Å². The van der Waals surface area contributed by atoms with Gasteiger partial charge in [0.2, 0.25) is 11.8 Å². The molecule has 0 radical (unpaired) electrons. The second-order valence-electron chi connectivity index (χ2n) is 7.23. The third-order valence-corrected chi connectivity index (χ3v) is 5.38. The summed E-state index contributed by atoms with van der Waals surface area (Å²) in [5.41, 5.74) is 1.54. The summed E-state index contributed by atoms with van der Waals surface area (Å²) >= 11 is 0. The van der Waals surface area contributed by atoms with Crippen molar-refractivity contribution in [3.63, 3.8) is 0 Å². The van der Waals surface area contributed by atoms with Gasteiger partial charge in [0.15, 0.2) is 0 Å². The lowest BCUT2D eigenvalue weighted by Gasteiger charge is -2.22. The number of rotatable bonds is 5.